The summed E-state index contributed by atoms with van der Waals surface area (Å²) in [6, 6.07) is 10.9. The molecule has 144 valence electrons. The van der Waals surface area contributed by atoms with Crippen molar-refractivity contribution in [3.63, 3.8) is 0 Å². The van der Waals surface area contributed by atoms with Crippen LogP contribution in [0.15, 0.2) is 30.3 Å². The van der Waals surface area contributed by atoms with Crippen molar-refractivity contribution in [2.24, 2.45) is 5.73 Å². The van der Waals surface area contributed by atoms with Crippen LogP contribution in [0.3, 0.4) is 0 Å². The van der Waals surface area contributed by atoms with Gasteiger partial charge in [0, 0.05) is 12.6 Å². The zero-order chi connectivity index (χ0) is 18.4. The van der Waals surface area contributed by atoms with Gasteiger partial charge in [-0.2, -0.15) is 11.8 Å². The number of benzene rings is 1. The van der Waals surface area contributed by atoms with Gasteiger partial charge in [0.1, 0.15) is 0 Å². The molecular weight excluding hydrogens is 344 g/mol. The van der Waals surface area contributed by atoms with E-state index in [4.69, 9.17) is 10.5 Å². The molecule has 2 N–H and O–H groups in total. The van der Waals surface area contributed by atoms with Gasteiger partial charge >= 0.3 is 0 Å². The first-order valence-corrected chi connectivity index (χ1v) is 11.3. The van der Waals surface area contributed by atoms with Crippen molar-refractivity contribution in [1.82, 2.24) is 4.90 Å². The molecule has 0 bridgehead atoms. The van der Waals surface area contributed by atoms with Gasteiger partial charge in [-0.05, 0) is 56.3 Å². The molecule has 1 saturated heterocycles. The van der Waals surface area contributed by atoms with Gasteiger partial charge in [-0.15, -0.1) is 0 Å². The molecule has 0 spiro atoms. The highest BCUT2D eigenvalue weighted by atomic mass is 32.2. The van der Waals surface area contributed by atoms with Crippen molar-refractivity contribution in [3.05, 3.63) is 35.9 Å². The molecule has 26 heavy (non-hydrogen) atoms. The topological polar surface area (TPSA) is 55.6 Å². The molecule has 1 aliphatic heterocycles. The standard InChI is InChI=1S/C21H32N2O2S/c1-26-15-21(24)23-13-5-8-19(22)20(23)14-25-18-11-9-17(10-12-18)16-6-3-2-4-7-16/h2-4,6-7,17-20H,5,8-15,22H2,1H3/t17?,18?,19-,20-/m0/s1. The highest BCUT2D eigenvalue weighted by molar-refractivity contribution is 7.99. The van der Waals surface area contributed by atoms with Crippen molar-refractivity contribution in [1.29, 1.82) is 0 Å². The highest BCUT2D eigenvalue weighted by Gasteiger charge is 2.33. The molecule has 5 heteroatoms. The molecule has 1 amide bonds. The van der Waals surface area contributed by atoms with Crippen LogP contribution in [0, 0.1) is 0 Å². The van der Waals surface area contributed by atoms with E-state index < -0.39 is 0 Å². The van der Waals surface area contributed by atoms with Gasteiger partial charge in [-0.25, -0.2) is 0 Å². The second-order valence-corrected chi connectivity index (χ2v) is 8.48. The first-order chi connectivity index (χ1) is 12.7. The third-order valence-electron chi connectivity index (χ3n) is 5.87. The second kappa shape index (κ2) is 9.77. The number of nitrogens with zero attached hydrogens (tertiary/aromatic N) is 1. The third kappa shape index (κ3) is 5.02. The first-order valence-electron chi connectivity index (χ1n) is 9.89. The van der Waals surface area contributed by atoms with Crippen molar-refractivity contribution >= 4 is 17.7 Å². The fourth-order valence-electron chi connectivity index (χ4n) is 4.34. The summed E-state index contributed by atoms with van der Waals surface area (Å²) in [4.78, 5) is 14.4. The molecule has 1 aromatic rings. The quantitative estimate of drug-likeness (QED) is 0.827. The van der Waals surface area contributed by atoms with Gasteiger partial charge in [-0.3, -0.25) is 4.79 Å². The molecule has 2 aliphatic rings. The Morgan fingerprint density at radius 3 is 2.62 bits per heavy atom. The molecule has 4 nitrogen and oxygen atoms in total. The van der Waals surface area contributed by atoms with E-state index in [0.717, 1.165) is 32.2 Å². The van der Waals surface area contributed by atoms with Crippen LogP contribution < -0.4 is 5.73 Å². The number of likely N-dealkylation sites (tertiary alicyclic amines) is 1. The lowest BCUT2D eigenvalue weighted by Crippen LogP contribution is -2.57. The number of rotatable bonds is 6. The van der Waals surface area contributed by atoms with Gasteiger partial charge in [-0.1, -0.05) is 30.3 Å². The fraction of sp³-hybridized carbons (Fsp3) is 0.667. The molecule has 0 unspecified atom stereocenters. The van der Waals surface area contributed by atoms with Crippen LogP contribution in [0.2, 0.25) is 0 Å². The van der Waals surface area contributed by atoms with Gasteiger partial charge in [0.15, 0.2) is 0 Å². The lowest BCUT2D eigenvalue weighted by Gasteiger charge is -2.40. The predicted molar refractivity (Wildman–Crippen MR) is 108 cm³/mol. The number of hydrogen-bond acceptors (Lipinski definition) is 4. The Balaban J connectivity index is 1.49. The van der Waals surface area contributed by atoms with E-state index in [2.05, 4.69) is 30.3 Å². The largest absolute Gasteiger partial charge is 0.376 e. The second-order valence-electron chi connectivity index (χ2n) is 7.61. The smallest absolute Gasteiger partial charge is 0.232 e. The van der Waals surface area contributed by atoms with Crippen LogP contribution >= 0.6 is 11.8 Å². The summed E-state index contributed by atoms with van der Waals surface area (Å²) in [5.74, 6) is 1.40. The lowest BCUT2D eigenvalue weighted by molar-refractivity contribution is -0.135. The molecule has 1 heterocycles. The van der Waals surface area contributed by atoms with Crippen molar-refractivity contribution < 1.29 is 9.53 Å². The summed E-state index contributed by atoms with van der Waals surface area (Å²) in [6.45, 7) is 1.41. The molecule has 1 saturated carbocycles. The Hall–Kier alpha value is -1.04. The summed E-state index contributed by atoms with van der Waals surface area (Å²) in [7, 11) is 0. The maximum atomic E-state index is 12.4. The fourth-order valence-corrected chi connectivity index (χ4v) is 4.75. The SMILES string of the molecule is CSCC(=O)N1CCC[C@H](N)[C@@H]1COC1CCC(c2ccccc2)CC1. The average Bonchev–Trinajstić information content (AvgIpc) is 2.68. The number of piperidine rings is 1. The summed E-state index contributed by atoms with van der Waals surface area (Å²) < 4.78 is 6.25. The Morgan fingerprint density at radius 2 is 1.92 bits per heavy atom. The van der Waals surface area contributed by atoms with Crippen LogP contribution in [-0.2, 0) is 9.53 Å². The molecule has 2 atom stereocenters. The minimum Gasteiger partial charge on any atom is -0.376 e. The predicted octanol–water partition coefficient (Wildman–Crippen LogP) is 3.41. The van der Waals surface area contributed by atoms with Crippen LogP contribution in [0.1, 0.15) is 50.0 Å². The zero-order valence-electron chi connectivity index (χ0n) is 15.8. The Bertz CT molecular complexity index is 560. The first kappa shape index (κ1) is 19.7. The number of hydrogen-bond donors (Lipinski definition) is 1. The Labute approximate surface area is 161 Å². The minimum atomic E-state index is 0.0372. The maximum Gasteiger partial charge on any atom is 0.232 e. The van der Waals surface area contributed by atoms with Crippen LogP contribution in [0.25, 0.3) is 0 Å². The van der Waals surface area contributed by atoms with E-state index in [9.17, 15) is 4.79 Å². The number of amides is 1. The van der Waals surface area contributed by atoms with Gasteiger partial charge in [0.25, 0.3) is 0 Å². The van der Waals surface area contributed by atoms with Crippen molar-refractivity contribution in [2.45, 2.75) is 62.6 Å². The number of carbonyl (C=O) groups excluding carboxylic acids is 1. The molecule has 1 aromatic carbocycles. The summed E-state index contributed by atoms with van der Waals surface area (Å²) >= 11 is 1.58. The lowest BCUT2D eigenvalue weighted by atomic mass is 9.83. The number of carbonyl (C=O) groups is 1. The van der Waals surface area contributed by atoms with Gasteiger partial charge in [0.2, 0.25) is 5.91 Å². The van der Waals surface area contributed by atoms with Crippen molar-refractivity contribution in [3.8, 4) is 0 Å². The molecule has 2 fully saturated rings. The summed E-state index contributed by atoms with van der Waals surface area (Å²) in [5, 5.41) is 0. The molecular formula is C21H32N2O2S. The summed E-state index contributed by atoms with van der Waals surface area (Å²) in [6.07, 6.45) is 8.82. The summed E-state index contributed by atoms with van der Waals surface area (Å²) in [5.41, 5.74) is 7.79. The molecule has 0 radical (unpaired) electrons. The molecule has 1 aliphatic carbocycles. The van der Waals surface area contributed by atoms with E-state index in [1.54, 1.807) is 11.8 Å². The minimum absolute atomic E-state index is 0.0372. The van der Waals surface area contributed by atoms with E-state index in [0.29, 0.717) is 24.4 Å². The number of thioether (sulfide) groups is 1. The maximum absolute atomic E-state index is 12.4. The molecule has 0 aromatic heterocycles. The van der Waals surface area contributed by atoms with Gasteiger partial charge in [0.05, 0.1) is 24.5 Å². The van der Waals surface area contributed by atoms with Crippen LogP contribution in [-0.4, -0.2) is 54.2 Å². The van der Waals surface area contributed by atoms with E-state index in [1.807, 2.05) is 11.2 Å². The van der Waals surface area contributed by atoms with Gasteiger partial charge < -0.3 is 15.4 Å². The van der Waals surface area contributed by atoms with Crippen LogP contribution in [0.5, 0.6) is 0 Å². The number of nitrogens with two attached hydrogens (primary N) is 1. The van der Waals surface area contributed by atoms with E-state index >= 15 is 0 Å². The third-order valence-corrected chi connectivity index (χ3v) is 6.40. The average molecular weight is 377 g/mol. The van der Waals surface area contributed by atoms with E-state index in [-0.39, 0.29) is 18.0 Å². The normalized spacial score (nSPS) is 29.5. The number of ether oxygens (including phenoxy) is 1. The van der Waals surface area contributed by atoms with Crippen molar-refractivity contribution in [2.75, 3.05) is 25.2 Å². The highest BCUT2D eigenvalue weighted by Crippen LogP contribution is 2.34. The molecule has 3 rings (SSSR count). The zero-order valence-corrected chi connectivity index (χ0v) is 16.6. The Morgan fingerprint density at radius 1 is 1.19 bits per heavy atom. The van der Waals surface area contributed by atoms with E-state index in [1.165, 1.54) is 18.4 Å². The monoisotopic (exact) mass is 376 g/mol. The Kier molecular flexibility index (Phi) is 7.41. The van der Waals surface area contributed by atoms with Crippen LogP contribution in [0.4, 0.5) is 0 Å².